The van der Waals surface area contributed by atoms with Crippen LogP contribution in [0.25, 0.3) is 10.9 Å². The summed E-state index contributed by atoms with van der Waals surface area (Å²) in [5.74, 6) is -0.411. The first-order valence-corrected chi connectivity index (χ1v) is 7.72. The molecule has 0 aliphatic heterocycles. The average molecular weight is 294 g/mol. The van der Waals surface area contributed by atoms with Gasteiger partial charge < -0.3 is 4.74 Å². The van der Waals surface area contributed by atoms with Gasteiger partial charge in [-0.25, -0.2) is 4.79 Å². The summed E-state index contributed by atoms with van der Waals surface area (Å²) >= 11 is 0. The molecular formula is C18H18N2O2. The Labute approximate surface area is 129 Å². The Morgan fingerprint density at radius 3 is 2.86 bits per heavy atom. The number of rotatable bonds is 2. The molecule has 1 aliphatic carbocycles. The van der Waals surface area contributed by atoms with Crippen LogP contribution in [-0.2, 0) is 17.6 Å². The molecule has 3 rings (SSSR count). The molecule has 0 unspecified atom stereocenters. The van der Waals surface area contributed by atoms with Crippen molar-refractivity contribution in [2.24, 2.45) is 0 Å². The number of nitriles is 1. The van der Waals surface area contributed by atoms with Crippen LogP contribution in [0.3, 0.4) is 0 Å². The number of esters is 1. The highest BCUT2D eigenvalue weighted by Crippen LogP contribution is 2.29. The fourth-order valence-electron chi connectivity index (χ4n) is 3.03. The number of aryl methyl sites for hydroxylation is 1. The van der Waals surface area contributed by atoms with Crippen molar-refractivity contribution in [3.05, 3.63) is 41.1 Å². The Kier molecular flexibility index (Phi) is 4.06. The third kappa shape index (κ3) is 2.67. The minimum atomic E-state index is -0.749. The van der Waals surface area contributed by atoms with Gasteiger partial charge in [-0.15, -0.1) is 0 Å². The van der Waals surface area contributed by atoms with Crippen LogP contribution in [0.15, 0.2) is 24.3 Å². The molecule has 0 spiro atoms. The highest BCUT2D eigenvalue weighted by Gasteiger charge is 2.23. The van der Waals surface area contributed by atoms with Gasteiger partial charge >= 0.3 is 5.97 Å². The molecule has 1 aromatic carbocycles. The van der Waals surface area contributed by atoms with Crippen molar-refractivity contribution in [3.8, 4) is 6.07 Å². The Morgan fingerprint density at radius 2 is 2.05 bits per heavy atom. The molecule has 4 nitrogen and oxygen atoms in total. The molecule has 22 heavy (non-hydrogen) atoms. The van der Waals surface area contributed by atoms with E-state index >= 15 is 0 Å². The van der Waals surface area contributed by atoms with E-state index in [1.807, 2.05) is 30.3 Å². The second kappa shape index (κ2) is 6.15. The number of carbonyl (C=O) groups is 1. The van der Waals surface area contributed by atoms with Crippen molar-refractivity contribution in [1.29, 1.82) is 5.26 Å². The number of hydrogen-bond acceptors (Lipinski definition) is 4. The number of carbonyl (C=O) groups excluding carboxylic acids is 1. The van der Waals surface area contributed by atoms with E-state index in [1.165, 1.54) is 0 Å². The Bertz CT molecular complexity index is 762. The molecule has 0 radical (unpaired) electrons. The van der Waals surface area contributed by atoms with Gasteiger partial charge in [0.1, 0.15) is 6.07 Å². The summed E-state index contributed by atoms with van der Waals surface area (Å²) in [5, 5.41) is 9.71. The monoisotopic (exact) mass is 294 g/mol. The Balaban J connectivity index is 2.19. The first kappa shape index (κ1) is 14.5. The summed E-state index contributed by atoms with van der Waals surface area (Å²) in [5.41, 5.74) is 3.43. The molecule has 112 valence electrons. The van der Waals surface area contributed by atoms with Crippen LogP contribution in [0.5, 0.6) is 0 Å². The zero-order valence-corrected chi connectivity index (χ0v) is 12.6. The van der Waals surface area contributed by atoms with Crippen LogP contribution in [0.4, 0.5) is 0 Å². The molecule has 1 aliphatic rings. The first-order chi connectivity index (χ1) is 10.7. The minimum absolute atomic E-state index is 0.411. The largest absolute Gasteiger partial charge is 0.444 e. The van der Waals surface area contributed by atoms with Crippen molar-refractivity contribution in [1.82, 2.24) is 4.98 Å². The predicted molar refractivity (Wildman–Crippen MR) is 83.5 cm³/mol. The van der Waals surface area contributed by atoms with Crippen molar-refractivity contribution >= 4 is 16.9 Å². The Morgan fingerprint density at radius 1 is 1.27 bits per heavy atom. The van der Waals surface area contributed by atoms with E-state index in [0.717, 1.165) is 54.3 Å². The lowest BCUT2D eigenvalue weighted by atomic mass is 9.97. The molecule has 1 atom stereocenters. The number of aromatic nitrogens is 1. The van der Waals surface area contributed by atoms with Crippen LogP contribution >= 0.6 is 0 Å². The van der Waals surface area contributed by atoms with E-state index in [4.69, 9.17) is 15.0 Å². The molecule has 2 aromatic rings. The summed E-state index contributed by atoms with van der Waals surface area (Å²) in [6.45, 7) is 1.58. The van der Waals surface area contributed by atoms with E-state index in [0.29, 0.717) is 5.56 Å². The van der Waals surface area contributed by atoms with E-state index in [1.54, 1.807) is 6.92 Å². The van der Waals surface area contributed by atoms with Gasteiger partial charge in [0.15, 0.2) is 6.10 Å². The van der Waals surface area contributed by atoms with Gasteiger partial charge in [-0.2, -0.15) is 5.26 Å². The molecule has 0 saturated carbocycles. The lowest BCUT2D eigenvalue weighted by molar-refractivity contribution is 0.0436. The number of nitrogens with zero attached hydrogens (tertiary/aromatic N) is 2. The third-order valence-corrected chi connectivity index (χ3v) is 4.09. The number of pyridine rings is 1. The fraction of sp³-hybridized carbons (Fsp3) is 0.389. The molecule has 1 aromatic heterocycles. The van der Waals surface area contributed by atoms with Crippen LogP contribution in [0.2, 0.25) is 0 Å². The summed E-state index contributed by atoms with van der Waals surface area (Å²) in [7, 11) is 0. The SMILES string of the molecule is C[C@H](C#N)OC(=O)c1c2c(nc3ccccc13)CCCCC2. The molecule has 0 N–H and O–H groups in total. The molecule has 0 amide bonds. The average Bonchev–Trinajstić information content (AvgIpc) is 2.77. The molecule has 0 bridgehead atoms. The molecular weight excluding hydrogens is 276 g/mol. The normalized spacial score (nSPS) is 15.5. The summed E-state index contributed by atoms with van der Waals surface area (Å²) < 4.78 is 5.27. The van der Waals surface area contributed by atoms with Gasteiger partial charge in [-0.1, -0.05) is 24.6 Å². The quantitative estimate of drug-likeness (QED) is 0.627. The topological polar surface area (TPSA) is 63.0 Å². The molecule has 0 saturated heterocycles. The number of fused-ring (bicyclic) bond motifs is 2. The van der Waals surface area contributed by atoms with Crippen LogP contribution in [0.1, 0.15) is 47.8 Å². The van der Waals surface area contributed by atoms with Crippen molar-refractivity contribution in [3.63, 3.8) is 0 Å². The zero-order chi connectivity index (χ0) is 15.5. The maximum atomic E-state index is 12.6. The zero-order valence-electron chi connectivity index (χ0n) is 12.6. The van der Waals surface area contributed by atoms with E-state index < -0.39 is 12.1 Å². The predicted octanol–water partition coefficient (Wildman–Crippen LogP) is 3.57. The summed E-state index contributed by atoms with van der Waals surface area (Å²) in [4.78, 5) is 17.4. The van der Waals surface area contributed by atoms with Crippen LogP contribution in [-0.4, -0.2) is 17.1 Å². The number of benzene rings is 1. The molecule has 4 heteroatoms. The minimum Gasteiger partial charge on any atom is -0.444 e. The van der Waals surface area contributed by atoms with Gasteiger partial charge in [-0.3, -0.25) is 4.98 Å². The second-order valence-electron chi connectivity index (χ2n) is 5.67. The highest BCUT2D eigenvalue weighted by atomic mass is 16.5. The second-order valence-corrected chi connectivity index (χ2v) is 5.67. The van der Waals surface area contributed by atoms with Gasteiger partial charge in [0.2, 0.25) is 0 Å². The van der Waals surface area contributed by atoms with E-state index in [9.17, 15) is 4.79 Å². The standard InChI is InChI=1S/C18H18N2O2/c1-12(11-19)22-18(21)17-13-7-3-2-4-9-15(13)20-16-10-6-5-8-14(16)17/h5-6,8,10,12H,2-4,7,9H2,1H3/t12-/m1/s1. The van der Waals surface area contributed by atoms with Crippen LogP contribution < -0.4 is 0 Å². The first-order valence-electron chi connectivity index (χ1n) is 7.72. The van der Waals surface area contributed by atoms with Crippen molar-refractivity contribution < 1.29 is 9.53 Å². The maximum Gasteiger partial charge on any atom is 0.340 e. The number of hydrogen-bond donors (Lipinski definition) is 0. The lowest BCUT2D eigenvalue weighted by Crippen LogP contribution is -2.17. The van der Waals surface area contributed by atoms with Gasteiger partial charge in [0, 0.05) is 11.1 Å². The van der Waals surface area contributed by atoms with Gasteiger partial charge in [0.05, 0.1) is 11.1 Å². The number of para-hydroxylation sites is 1. The van der Waals surface area contributed by atoms with Gasteiger partial charge in [0.25, 0.3) is 0 Å². The van der Waals surface area contributed by atoms with Crippen molar-refractivity contribution in [2.45, 2.75) is 45.1 Å². The highest BCUT2D eigenvalue weighted by molar-refractivity contribution is 6.05. The van der Waals surface area contributed by atoms with E-state index in [-0.39, 0.29) is 0 Å². The molecule has 1 heterocycles. The lowest BCUT2D eigenvalue weighted by Gasteiger charge is -2.15. The smallest absolute Gasteiger partial charge is 0.340 e. The summed E-state index contributed by atoms with van der Waals surface area (Å²) in [6, 6.07) is 9.60. The van der Waals surface area contributed by atoms with Gasteiger partial charge in [-0.05, 0) is 44.2 Å². The van der Waals surface area contributed by atoms with Crippen molar-refractivity contribution in [2.75, 3.05) is 0 Å². The third-order valence-electron chi connectivity index (χ3n) is 4.09. The van der Waals surface area contributed by atoms with E-state index in [2.05, 4.69) is 0 Å². The summed E-state index contributed by atoms with van der Waals surface area (Å²) in [6.07, 6.45) is 4.30. The Hall–Kier alpha value is -2.41. The molecule has 0 fully saturated rings. The van der Waals surface area contributed by atoms with Crippen LogP contribution in [0, 0.1) is 11.3 Å². The maximum absolute atomic E-state index is 12.6. The number of ether oxygens (including phenoxy) is 1. The fourth-order valence-corrected chi connectivity index (χ4v) is 3.03.